The zero-order chi connectivity index (χ0) is 13.8. The second kappa shape index (κ2) is 6.10. The monoisotopic (exact) mass is 268 g/mol. The van der Waals surface area contributed by atoms with Crippen molar-refractivity contribution in [3.8, 4) is 0 Å². The first-order valence-electron chi connectivity index (χ1n) is 6.58. The van der Waals surface area contributed by atoms with Gasteiger partial charge in [-0.2, -0.15) is 0 Å². The van der Waals surface area contributed by atoms with Crippen LogP contribution in [0.3, 0.4) is 0 Å². The molecular formula is C14H18F2N2O. The maximum Gasteiger partial charge on any atom is 0.254 e. The SMILES string of the molecule is NCC1CCCCC1NC(=O)c1cc(F)ccc1F. The number of nitrogens with one attached hydrogen (secondary N) is 1. The summed E-state index contributed by atoms with van der Waals surface area (Å²) in [5.74, 6) is -1.68. The van der Waals surface area contributed by atoms with Crippen molar-refractivity contribution in [2.75, 3.05) is 6.54 Å². The third-order valence-corrected chi connectivity index (χ3v) is 3.70. The molecule has 1 fully saturated rings. The van der Waals surface area contributed by atoms with Gasteiger partial charge in [-0.15, -0.1) is 0 Å². The Morgan fingerprint density at radius 1 is 1.32 bits per heavy atom. The largest absolute Gasteiger partial charge is 0.349 e. The molecule has 1 aromatic carbocycles. The summed E-state index contributed by atoms with van der Waals surface area (Å²) in [6.07, 6.45) is 3.92. The highest BCUT2D eigenvalue weighted by molar-refractivity contribution is 5.94. The predicted octanol–water partition coefficient (Wildman–Crippen LogP) is 2.21. The zero-order valence-electron chi connectivity index (χ0n) is 10.7. The quantitative estimate of drug-likeness (QED) is 0.883. The van der Waals surface area contributed by atoms with Gasteiger partial charge in [0.1, 0.15) is 11.6 Å². The van der Waals surface area contributed by atoms with E-state index in [0.29, 0.717) is 6.54 Å². The lowest BCUT2D eigenvalue weighted by molar-refractivity contribution is 0.0903. The van der Waals surface area contributed by atoms with Crippen molar-refractivity contribution in [3.63, 3.8) is 0 Å². The maximum absolute atomic E-state index is 13.5. The molecule has 104 valence electrons. The molecule has 3 nitrogen and oxygen atoms in total. The normalized spacial score (nSPS) is 23.1. The highest BCUT2D eigenvalue weighted by atomic mass is 19.1. The number of hydrogen-bond acceptors (Lipinski definition) is 2. The van der Waals surface area contributed by atoms with Crippen molar-refractivity contribution in [1.29, 1.82) is 0 Å². The fourth-order valence-electron chi connectivity index (χ4n) is 2.60. The molecule has 5 heteroatoms. The number of hydrogen-bond donors (Lipinski definition) is 2. The van der Waals surface area contributed by atoms with Crippen LogP contribution in [0.1, 0.15) is 36.0 Å². The molecule has 0 aliphatic heterocycles. The predicted molar refractivity (Wildman–Crippen MR) is 68.6 cm³/mol. The van der Waals surface area contributed by atoms with Crippen LogP contribution in [0.2, 0.25) is 0 Å². The second-order valence-corrected chi connectivity index (χ2v) is 4.98. The zero-order valence-corrected chi connectivity index (χ0v) is 10.7. The minimum atomic E-state index is -0.709. The molecule has 0 saturated heterocycles. The average Bonchev–Trinajstić information content (AvgIpc) is 2.42. The number of nitrogens with two attached hydrogens (primary N) is 1. The Morgan fingerprint density at radius 2 is 2.05 bits per heavy atom. The van der Waals surface area contributed by atoms with Gasteiger partial charge >= 0.3 is 0 Å². The minimum absolute atomic E-state index is 0.0473. The topological polar surface area (TPSA) is 55.1 Å². The Balaban J connectivity index is 2.09. The maximum atomic E-state index is 13.5. The van der Waals surface area contributed by atoms with Crippen LogP contribution in [-0.2, 0) is 0 Å². The number of carbonyl (C=O) groups excluding carboxylic acids is 1. The third kappa shape index (κ3) is 3.29. The van der Waals surface area contributed by atoms with Crippen molar-refractivity contribution in [1.82, 2.24) is 5.32 Å². The van der Waals surface area contributed by atoms with Crippen LogP contribution in [0.15, 0.2) is 18.2 Å². The molecule has 1 aromatic rings. The summed E-state index contributed by atoms with van der Waals surface area (Å²) in [7, 11) is 0. The van der Waals surface area contributed by atoms with E-state index in [-0.39, 0.29) is 17.5 Å². The van der Waals surface area contributed by atoms with Crippen molar-refractivity contribution in [2.24, 2.45) is 11.7 Å². The van der Waals surface area contributed by atoms with E-state index >= 15 is 0 Å². The molecule has 1 aliphatic rings. The molecular weight excluding hydrogens is 250 g/mol. The molecule has 19 heavy (non-hydrogen) atoms. The summed E-state index contributed by atoms with van der Waals surface area (Å²) in [6, 6.07) is 2.83. The van der Waals surface area contributed by atoms with Crippen LogP contribution >= 0.6 is 0 Å². The molecule has 1 aliphatic carbocycles. The van der Waals surface area contributed by atoms with Crippen molar-refractivity contribution < 1.29 is 13.6 Å². The fourth-order valence-corrected chi connectivity index (χ4v) is 2.60. The van der Waals surface area contributed by atoms with Gasteiger partial charge in [0, 0.05) is 6.04 Å². The highest BCUT2D eigenvalue weighted by Gasteiger charge is 2.26. The van der Waals surface area contributed by atoms with Gasteiger partial charge in [-0.3, -0.25) is 4.79 Å². The molecule has 0 radical (unpaired) electrons. The molecule has 2 atom stereocenters. The summed E-state index contributed by atoms with van der Waals surface area (Å²) < 4.78 is 26.6. The van der Waals surface area contributed by atoms with Gasteiger partial charge in [0.15, 0.2) is 0 Å². The number of halogens is 2. The number of amides is 1. The summed E-state index contributed by atoms with van der Waals surface area (Å²) in [6.45, 7) is 0.497. The molecule has 0 bridgehead atoms. The van der Waals surface area contributed by atoms with Crippen LogP contribution in [-0.4, -0.2) is 18.5 Å². The number of carbonyl (C=O) groups is 1. The van der Waals surface area contributed by atoms with Crippen molar-refractivity contribution in [2.45, 2.75) is 31.7 Å². The Labute approximate surface area is 111 Å². The van der Waals surface area contributed by atoms with Crippen molar-refractivity contribution in [3.05, 3.63) is 35.4 Å². The van der Waals surface area contributed by atoms with E-state index in [0.717, 1.165) is 43.9 Å². The molecule has 1 saturated carbocycles. The van der Waals surface area contributed by atoms with Crippen LogP contribution in [0.25, 0.3) is 0 Å². The first-order valence-corrected chi connectivity index (χ1v) is 6.58. The summed E-state index contributed by atoms with van der Waals surface area (Å²) in [5, 5.41) is 2.78. The van der Waals surface area contributed by atoms with E-state index in [1.165, 1.54) is 0 Å². The lowest BCUT2D eigenvalue weighted by atomic mass is 9.84. The van der Waals surface area contributed by atoms with Gasteiger partial charge in [-0.1, -0.05) is 12.8 Å². The first kappa shape index (κ1) is 13.9. The van der Waals surface area contributed by atoms with Gasteiger partial charge in [-0.05, 0) is 43.5 Å². The molecule has 2 rings (SSSR count). The van der Waals surface area contributed by atoms with E-state index in [1.807, 2.05) is 0 Å². The minimum Gasteiger partial charge on any atom is -0.349 e. The van der Waals surface area contributed by atoms with Crippen LogP contribution < -0.4 is 11.1 Å². The Kier molecular flexibility index (Phi) is 4.47. The molecule has 0 spiro atoms. The summed E-state index contributed by atoms with van der Waals surface area (Å²) in [5.41, 5.74) is 5.43. The third-order valence-electron chi connectivity index (χ3n) is 3.70. The Morgan fingerprint density at radius 3 is 2.79 bits per heavy atom. The molecule has 1 amide bonds. The number of benzene rings is 1. The Bertz CT molecular complexity index is 465. The summed E-state index contributed by atoms with van der Waals surface area (Å²) in [4.78, 5) is 12.0. The van der Waals surface area contributed by atoms with E-state index in [1.54, 1.807) is 0 Å². The van der Waals surface area contributed by atoms with E-state index in [2.05, 4.69) is 5.32 Å². The fraction of sp³-hybridized carbons (Fsp3) is 0.500. The summed E-state index contributed by atoms with van der Waals surface area (Å²) >= 11 is 0. The first-order chi connectivity index (χ1) is 9.11. The van der Waals surface area contributed by atoms with E-state index < -0.39 is 17.5 Å². The van der Waals surface area contributed by atoms with Crippen molar-refractivity contribution >= 4 is 5.91 Å². The molecule has 3 N–H and O–H groups in total. The lowest BCUT2D eigenvalue weighted by Gasteiger charge is -2.31. The van der Waals surface area contributed by atoms with Crippen LogP contribution in [0.4, 0.5) is 8.78 Å². The highest BCUT2D eigenvalue weighted by Crippen LogP contribution is 2.24. The van der Waals surface area contributed by atoms with Crippen LogP contribution in [0, 0.1) is 17.6 Å². The van der Waals surface area contributed by atoms with E-state index in [4.69, 9.17) is 5.73 Å². The van der Waals surface area contributed by atoms with Crippen LogP contribution in [0.5, 0.6) is 0 Å². The number of rotatable bonds is 3. The van der Waals surface area contributed by atoms with E-state index in [9.17, 15) is 13.6 Å². The second-order valence-electron chi connectivity index (χ2n) is 4.98. The molecule has 0 heterocycles. The van der Waals surface area contributed by atoms with Gasteiger partial charge < -0.3 is 11.1 Å². The Hall–Kier alpha value is -1.49. The van der Waals surface area contributed by atoms with Gasteiger partial charge in [0.25, 0.3) is 5.91 Å². The standard InChI is InChI=1S/C14H18F2N2O/c15-10-5-6-12(16)11(7-10)14(19)18-13-4-2-1-3-9(13)8-17/h5-7,9,13H,1-4,8,17H2,(H,18,19). The van der Waals surface area contributed by atoms with Gasteiger partial charge in [-0.25, -0.2) is 8.78 Å². The van der Waals surface area contributed by atoms with Gasteiger partial charge in [0.2, 0.25) is 0 Å². The molecule has 0 aromatic heterocycles. The average molecular weight is 268 g/mol. The molecule has 2 unspecified atom stereocenters. The smallest absolute Gasteiger partial charge is 0.254 e. The lowest BCUT2D eigenvalue weighted by Crippen LogP contribution is -2.44. The van der Waals surface area contributed by atoms with Gasteiger partial charge in [0.05, 0.1) is 5.56 Å².